The molecule has 3 rings (SSSR count). The molecular weight excluding hydrogens is 269 g/mol. The summed E-state index contributed by atoms with van der Waals surface area (Å²) in [5, 5.41) is 8.73. The van der Waals surface area contributed by atoms with Gasteiger partial charge in [0.05, 0.1) is 11.6 Å². The predicted octanol–water partition coefficient (Wildman–Crippen LogP) is 4.48. The first kappa shape index (κ1) is 13.2. The summed E-state index contributed by atoms with van der Waals surface area (Å²) in [6.45, 7) is 0. The van der Waals surface area contributed by atoms with Gasteiger partial charge in [-0.3, -0.25) is 0 Å². The maximum Gasteiger partial charge on any atom is 0.128 e. The van der Waals surface area contributed by atoms with Gasteiger partial charge >= 0.3 is 0 Å². The van der Waals surface area contributed by atoms with Crippen molar-refractivity contribution in [2.24, 2.45) is 0 Å². The van der Waals surface area contributed by atoms with E-state index in [0.29, 0.717) is 16.9 Å². The smallest absolute Gasteiger partial charge is 0.128 e. The number of nitrogens with zero attached hydrogens (tertiary/aromatic N) is 1. The second kappa shape index (κ2) is 5.68. The molecule has 2 aromatic rings. The van der Waals surface area contributed by atoms with Crippen LogP contribution in [-0.2, 0) is 18.6 Å². The molecule has 0 spiro atoms. The molecule has 0 unspecified atom stereocenters. The van der Waals surface area contributed by atoms with Crippen molar-refractivity contribution in [3.05, 3.63) is 64.5 Å². The number of rotatable bonds is 3. The van der Waals surface area contributed by atoms with Crippen LogP contribution in [-0.4, -0.2) is 0 Å². The van der Waals surface area contributed by atoms with E-state index in [-0.39, 0.29) is 5.82 Å². The molecule has 2 aromatic carbocycles. The van der Waals surface area contributed by atoms with Gasteiger partial charge in [-0.1, -0.05) is 12.1 Å². The van der Waals surface area contributed by atoms with Gasteiger partial charge in [0, 0.05) is 10.6 Å². The highest BCUT2D eigenvalue weighted by atomic mass is 32.2. The maximum absolute atomic E-state index is 13.8. The van der Waals surface area contributed by atoms with Gasteiger partial charge in [0.2, 0.25) is 0 Å². The Balaban J connectivity index is 1.72. The lowest BCUT2D eigenvalue weighted by Gasteiger charge is -2.06. The van der Waals surface area contributed by atoms with E-state index in [0.717, 1.165) is 6.42 Å². The van der Waals surface area contributed by atoms with E-state index in [1.54, 1.807) is 23.9 Å². The van der Waals surface area contributed by atoms with E-state index in [1.807, 2.05) is 6.07 Å². The Labute approximate surface area is 122 Å². The molecule has 20 heavy (non-hydrogen) atoms. The number of hydrogen-bond acceptors (Lipinski definition) is 2. The van der Waals surface area contributed by atoms with E-state index in [1.165, 1.54) is 34.9 Å². The summed E-state index contributed by atoms with van der Waals surface area (Å²) in [5.74, 6) is 0.300. The normalized spacial score (nSPS) is 13.0. The minimum atomic E-state index is -0.294. The Morgan fingerprint density at radius 2 is 1.95 bits per heavy atom. The van der Waals surface area contributed by atoms with Crippen molar-refractivity contribution in [1.29, 1.82) is 5.26 Å². The third kappa shape index (κ3) is 2.71. The number of nitriles is 1. The SMILES string of the molecule is N#Cc1ccc(CSc2ccc3c(c2)CCC3)c(F)c1. The second-order valence-corrected chi connectivity index (χ2v) is 6.04. The van der Waals surface area contributed by atoms with Gasteiger partial charge in [-0.25, -0.2) is 4.39 Å². The van der Waals surface area contributed by atoms with Crippen molar-refractivity contribution >= 4 is 11.8 Å². The number of hydrogen-bond donors (Lipinski definition) is 0. The molecule has 0 saturated heterocycles. The van der Waals surface area contributed by atoms with Crippen molar-refractivity contribution in [2.45, 2.75) is 29.9 Å². The molecule has 0 radical (unpaired) electrons. The van der Waals surface area contributed by atoms with Crippen molar-refractivity contribution in [3.63, 3.8) is 0 Å². The van der Waals surface area contributed by atoms with Gasteiger partial charge in [-0.15, -0.1) is 11.8 Å². The first-order valence-electron chi connectivity index (χ1n) is 6.69. The van der Waals surface area contributed by atoms with Crippen LogP contribution in [0, 0.1) is 17.1 Å². The third-order valence-corrected chi connectivity index (χ3v) is 4.69. The Kier molecular flexibility index (Phi) is 3.75. The molecular formula is C17H14FNS. The zero-order valence-corrected chi connectivity index (χ0v) is 11.8. The van der Waals surface area contributed by atoms with E-state index >= 15 is 0 Å². The van der Waals surface area contributed by atoms with Gasteiger partial charge in [0.25, 0.3) is 0 Å². The minimum absolute atomic E-state index is 0.294. The summed E-state index contributed by atoms with van der Waals surface area (Å²) in [7, 11) is 0. The van der Waals surface area contributed by atoms with Crippen LogP contribution in [0.3, 0.4) is 0 Å². The van der Waals surface area contributed by atoms with Crippen LogP contribution in [0.25, 0.3) is 0 Å². The standard InChI is InChI=1S/C17H14FNS/c18-17-8-12(10-19)4-5-15(17)11-20-16-7-6-13-2-1-3-14(13)9-16/h4-9H,1-3,11H2. The molecule has 100 valence electrons. The molecule has 0 heterocycles. The lowest BCUT2D eigenvalue weighted by molar-refractivity contribution is 0.617. The van der Waals surface area contributed by atoms with Crippen LogP contribution < -0.4 is 0 Å². The monoisotopic (exact) mass is 283 g/mol. The highest BCUT2D eigenvalue weighted by Gasteiger charge is 2.11. The van der Waals surface area contributed by atoms with Crippen LogP contribution in [0.4, 0.5) is 4.39 Å². The first-order valence-corrected chi connectivity index (χ1v) is 7.68. The molecule has 0 amide bonds. The van der Waals surface area contributed by atoms with Gasteiger partial charge < -0.3 is 0 Å². The summed E-state index contributed by atoms with van der Waals surface area (Å²) < 4.78 is 13.8. The summed E-state index contributed by atoms with van der Waals surface area (Å²) in [4.78, 5) is 1.19. The highest BCUT2D eigenvalue weighted by molar-refractivity contribution is 7.98. The molecule has 1 nitrogen and oxygen atoms in total. The number of fused-ring (bicyclic) bond motifs is 1. The Hall–Kier alpha value is -1.79. The van der Waals surface area contributed by atoms with Crippen LogP contribution in [0.1, 0.15) is 28.7 Å². The molecule has 0 aliphatic heterocycles. The first-order chi connectivity index (χ1) is 9.76. The number of aryl methyl sites for hydroxylation is 2. The maximum atomic E-state index is 13.8. The summed E-state index contributed by atoms with van der Waals surface area (Å²) in [6.07, 6.45) is 3.59. The number of halogens is 1. The summed E-state index contributed by atoms with van der Waals surface area (Å²) in [5.41, 5.74) is 3.91. The minimum Gasteiger partial charge on any atom is -0.207 e. The van der Waals surface area contributed by atoms with E-state index < -0.39 is 0 Å². The Bertz CT molecular complexity index is 688. The fourth-order valence-corrected chi connectivity index (χ4v) is 3.48. The molecule has 0 fully saturated rings. The second-order valence-electron chi connectivity index (χ2n) is 4.99. The zero-order chi connectivity index (χ0) is 13.9. The Morgan fingerprint density at radius 1 is 1.10 bits per heavy atom. The predicted molar refractivity (Wildman–Crippen MR) is 79.1 cm³/mol. The molecule has 3 heteroatoms. The number of thioether (sulfide) groups is 1. The largest absolute Gasteiger partial charge is 0.207 e. The lowest BCUT2D eigenvalue weighted by atomic mass is 10.1. The van der Waals surface area contributed by atoms with Crippen LogP contribution in [0.5, 0.6) is 0 Å². The van der Waals surface area contributed by atoms with Gasteiger partial charge in [0.1, 0.15) is 5.82 Å². The van der Waals surface area contributed by atoms with E-state index in [4.69, 9.17) is 5.26 Å². The lowest BCUT2D eigenvalue weighted by Crippen LogP contribution is -1.89. The molecule has 0 aromatic heterocycles. The van der Waals surface area contributed by atoms with Gasteiger partial charge in [-0.2, -0.15) is 5.26 Å². The molecule has 0 N–H and O–H groups in total. The van der Waals surface area contributed by atoms with Crippen LogP contribution >= 0.6 is 11.8 Å². The molecule has 1 aliphatic rings. The molecule has 0 saturated carbocycles. The molecule has 0 atom stereocenters. The average molecular weight is 283 g/mol. The van der Waals surface area contributed by atoms with Crippen molar-refractivity contribution in [2.75, 3.05) is 0 Å². The fraction of sp³-hybridized carbons (Fsp3) is 0.235. The van der Waals surface area contributed by atoms with Gasteiger partial charge in [0.15, 0.2) is 0 Å². The van der Waals surface area contributed by atoms with Crippen molar-refractivity contribution in [1.82, 2.24) is 0 Å². The van der Waals surface area contributed by atoms with Crippen molar-refractivity contribution in [3.8, 4) is 6.07 Å². The van der Waals surface area contributed by atoms with Crippen molar-refractivity contribution < 1.29 is 4.39 Å². The van der Waals surface area contributed by atoms with E-state index in [2.05, 4.69) is 18.2 Å². The zero-order valence-electron chi connectivity index (χ0n) is 11.0. The topological polar surface area (TPSA) is 23.8 Å². The Morgan fingerprint density at radius 3 is 2.75 bits per heavy atom. The summed E-state index contributed by atoms with van der Waals surface area (Å²) in [6, 6.07) is 13.2. The average Bonchev–Trinajstić information content (AvgIpc) is 2.93. The fourth-order valence-electron chi connectivity index (χ4n) is 2.53. The van der Waals surface area contributed by atoms with E-state index in [9.17, 15) is 4.39 Å². The third-order valence-electron chi connectivity index (χ3n) is 3.65. The van der Waals surface area contributed by atoms with Crippen LogP contribution in [0.2, 0.25) is 0 Å². The summed E-state index contributed by atoms with van der Waals surface area (Å²) >= 11 is 1.64. The quantitative estimate of drug-likeness (QED) is 0.776. The molecule has 0 bridgehead atoms. The molecule has 1 aliphatic carbocycles. The highest BCUT2D eigenvalue weighted by Crippen LogP contribution is 2.29. The number of benzene rings is 2. The van der Waals surface area contributed by atoms with Gasteiger partial charge in [-0.05, 0) is 60.2 Å². The van der Waals surface area contributed by atoms with Crippen LogP contribution in [0.15, 0.2) is 41.3 Å².